The smallest absolute Gasteiger partial charge is 0.0396 e. The Morgan fingerprint density at radius 2 is 2.00 bits per heavy atom. The van der Waals surface area contributed by atoms with E-state index in [1.165, 1.54) is 29.0 Å². The topological polar surface area (TPSA) is 15.3 Å². The molecule has 1 aromatic rings. The summed E-state index contributed by atoms with van der Waals surface area (Å²) in [4.78, 5) is 2.44. The van der Waals surface area contributed by atoms with Gasteiger partial charge in [-0.3, -0.25) is 0 Å². The predicted molar refractivity (Wildman–Crippen MR) is 94.0 cm³/mol. The number of thioether (sulfide) groups is 1. The van der Waals surface area contributed by atoms with Gasteiger partial charge in [0.15, 0.2) is 0 Å². The zero-order chi connectivity index (χ0) is 15.1. The van der Waals surface area contributed by atoms with Crippen LogP contribution in [0.15, 0.2) is 18.2 Å². The van der Waals surface area contributed by atoms with Crippen LogP contribution in [0.5, 0.6) is 0 Å². The van der Waals surface area contributed by atoms with Crippen molar-refractivity contribution < 1.29 is 0 Å². The van der Waals surface area contributed by atoms with Gasteiger partial charge >= 0.3 is 0 Å². The number of rotatable bonds is 8. The number of nitrogens with one attached hydrogen (secondary N) is 1. The fraction of sp³-hybridized carbons (Fsp3) is 0.647. The molecule has 1 unspecified atom stereocenters. The van der Waals surface area contributed by atoms with Gasteiger partial charge in [0.2, 0.25) is 0 Å². The third-order valence-electron chi connectivity index (χ3n) is 3.73. The monoisotopic (exact) mass is 294 g/mol. The molecule has 3 heteroatoms. The summed E-state index contributed by atoms with van der Waals surface area (Å²) in [5.41, 5.74) is 4.10. The molecule has 2 nitrogen and oxygen atoms in total. The molecule has 0 aliphatic heterocycles. The van der Waals surface area contributed by atoms with Crippen molar-refractivity contribution in [2.75, 3.05) is 24.0 Å². The lowest BCUT2D eigenvalue weighted by atomic mass is 10.1. The maximum absolute atomic E-state index is 3.47. The van der Waals surface area contributed by atoms with E-state index in [0.29, 0.717) is 12.1 Å². The Morgan fingerprint density at radius 1 is 1.30 bits per heavy atom. The molecule has 20 heavy (non-hydrogen) atoms. The molecule has 0 saturated heterocycles. The van der Waals surface area contributed by atoms with Crippen molar-refractivity contribution in [3.63, 3.8) is 0 Å². The van der Waals surface area contributed by atoms with E-state index >= 15 is 0 Å². The first-order valence-corrected chi connectivity index (χ1v) is 8.93. The highest BCUT2D eigenvalue weighted by molar-refractivity contribution is 7.98. The van der Waals surface area contributed by atoms with Crippen LogP contribution in [0.3, 0.4) is 0 Å². The highest BCUT2D eigenvalue weighted by atomic mass is 32.2. The van der Waals surface area contributed by atoms with Gasteiger partial charge in [-0.2, -0.15) is 11.8 Å². The van der Waals surface area contributed by atoms with Crippen LogP contribution >= 0.6 is 11.8 Å². The predicted octanol–water partition coefficient (Wildman–Crippen LogP) is 4.07. The van der Waals surface area contributed by atoms with E-state index in [0.717, 1.165) is 6.54 Å². The third kappa shape index (κ3) is 5.02. The summed E-state index contributed by atoms with van der Waals surface area (Å²) in [6.07, 6.45) is 3.37. The Morgan fingerprint density at radius 3 is 2.50 bits per heavy atom. The Balaban J connectivity index is 2.80. The molecule has 0 aromatic heterocycles. The minimum absolute atomic E-state index is 0.531. The zero-order valence-electron chi connectivity index (χ0n) is 13.9. The first kappa shape index (κ1) is 17.4. The lowest BCUT2D eigenvalue weighted by Crippen LogP contribution is -2.33. The van der Waals surface area contributed by atoms with Crippen LogP contribution in [-0.2, 0) is 6.54 Å². The van der Waals surface area contributed by atoms with Gasteiger partial charge in [-0.1, -0.05) is 32.9 Å². The van der Waals surface area contributed by atoms with Gasteiger partial charge in [0.25, 0.3) is 0 Å². The van der Waals surface area contributed by atoms with Crippen LogP contribution < -0.4 is 10.2 Å². The second-order valence-corrected chi connectivity index (χ2v) is 6.70. The molecule has 0 amide bonds. The third-order valence-corrected chi connectivity index (χ3v) is 4.45. The maximum atomic E-state index is 3.47. The molecule has 1 aromatic carbocycles. The molecule has 0 bridgehead atoms. The molecule has 0 heterocycles. The second kappa shape index (κ2) is 8.58. The Kier molecular flexibility index (Phi) is 7.46. The standard InChI is InChI=1S/C17H30N2S/c1-7-16(12-20-6)19(5)17-9-8-15(10-14(17)4)11-18-13(2)3/h8-10,13,16,18H,7,11-12H2,1-6H3. The summed E-state index contributed by atoms with van der Waals surface area (Å²) >= 11 is 1.93. The van der Waals surface area contributed by atoms with Crippen LogP contribution in [0, 0.1) is 6.92 Å². The summed E-state index contributed by atoms with van der Waals surface area (Å²) in [6.45, 7) is 9.81. The first-order chi connectivity index (χ1) is 9.49. The number of benzene rings is 1. The fourth-order valence-electron chi connectivity index (χ4n) is 2.44. The average molecular weight is 295 g/mol. The van der Waals surface area contributed by atoms with E-state index in [-0.39, 0.29) is 0 Å². The summed E-state index contributed by atoms with van der Waals surface area (Å²) in [5.74, 6) is 1.18. The van der Waals surface area contributed by atoms with Crippen molar-refractivity contribution in [1.29, 1.82) is 0 Å². The quantitative estimate of drug-likeness (QED) is 0.778. The van der Waals surface area contributed by atoms with E-state index < -0.39 is 0 Å². The van der Waals surface area contributed by atoms with Gasteiger partial charge in [0, 0.05) is 37.1 Å². The van der Waals surface area contributed by atoms with Gasteiger partial charge < -0.3 is 10.2 Å². The highest BCUT2D eigenvalue weighted by Gasteiger charge is 2.14. The van der Waals surface area contributed by atoms with Gasteiger partial charge in [-0.05, 0) is 36.8 Å². The summed E-state index contributed by atoms with van der Waals surface area (Å²) in [6, 6.07) is 7.98. The number of hydrogen-bond acceptors (Lipinski definition) is 3. The van der Waals surface area contributed by atoms with Crippen LogP contribution in [0.4, 0.5) is 5.69 Å². The second-order valence-electron chi connectivity index (χ2n) is 5.78. The van der Waals surface area contributed by atoms with Gasteiger partial charge in [0.05, 0.1) is 0 Å². The molecule has 0 aliphatic carbocycles. The van der Waals surface area contributed by atoms with Crippen molar-refractivity contribution in [3.05, 3.63) is 29.3 Å². The van der Waals surface area contributed by atoms with Crippen molar-refractivity contribution in [3.8, 4) is 0 Å². The van der Waals surface area contributed by atoms with Crippen molar-refractivity contribution in [1.82, 2.24) is 5.32 Å². The average Bonchev–Trinajstić information content (AvgIpc) is 2.42. The maximum Gasteiger partial charge on any atom is 0.0396 e. The molecule has 0 aliphatic rings. The van der Waals surface area contributed by atoms with Crippen LogP contribution in [-0.4, -0.2) is 31.1 Å². The van der Waals surface area contributed by atoms with Gasteiger partial charge in [0.1, 0.15) is 0 Å². The highest BCUT2D eigenvalue weighted by Crippen LogP contribution is 2.24. The molecule has 0 radical (unpaired) electrons. The van der Waals surface area contributed by atoms with Gasteiger partial charge in [-0.25, -0.2) is 0 Å². The summed E-state index contributed by atoms with van der Waals surface area (Å²) in [5, 5.41) is 3.47. The van der Waals surface area contributed by atoms with Gasteiger partial charge in [-0.15, -0.1) is 0 Å². The van der Waals surface area contributed by atoms with Crippen LogP contribution in [0.25, 0.3) is 0 Å². The van der Waals surface area contributed by atoms with E-state index in [1.807, 2.05) is 11.8 Å². The van der Waals surface area contributed by atoms with E-state index in [2.05, 4.69) is 69.4 Å². The Bertz CT molecular complexity index is 404. The molecular weight excluding hydrogens is 264 g/mol. The SMILES string of the molecule is CCC(CSC)N(C)c1ccc(CNC(C)C)cc1C. The zero-order valence-corrected chi connectivity index (χ0v) is 14.7. The van der Waals surface area contributed by atoms with Crippen molar-refractivity contribution in [2.45, 2.75) is 52.7 Å². The Labute approximate surface area is 129 Å². The van der Waals surface area contributed by atoms with Crippen LogP contribution in [0.2, 0.25) is 0 Å². The number of aryl methyl sites for hydroxylation is 1. The van der Waals surface area contributed by atoms with Crippen molar-refractivity contribution in [2.24, 2.45) is 0 Å². The van der Waals surface area contributed by atoms with E-state index in [1.54, 1.807) is 0 Å². The number of hydrogen-bond donors (Lipinski definition) is 1. The minimum Gasteiger partial charge on any atom is -0.371 e. The Hall–Kier alpha value is -0.670. The molecule has 1 atom stereocenters. The number of nitrogens with zero attached hydrogens (tertiary/aromatic N) is 1. The first-order valence-electron chi connectivity index (χ1n) is 7.54. The molecular formula is C17H30N2S. The molecule has 0 saturated carbocycles. The summed E-state index contributed by atoms with van der Waals surface area (Å²) < 4.78 is 0. The minimum atomic E-state index is 0.531. The lowest BCUT2D eigenvalue weighted by molar-refractivity contribution is 0.588. The van der Waals surface area contributed by atoms with E-state index in [9.17, 15) is 0 Å². The summed E-state index contributed by atoms with van der Waals surface area (Å²) in [7, 11) is 2.22. The van der Waals surface area contributed by atoms with Crippen molar-refractivity contribution >= 4 is 17.4 Å². The van der Waals surface area contributed by atoms with Crippen LogP contribution in [0.1, 0.15) is 38.3 Å². The molecule has 0 spiro atoms. The van der Waals surface area contributed by atoms with E-state index in [4.69, 9.17) is 0 Å². The molecule has 1 rings (SSSR count). The molecule has 0 fully saturated rings. The molecule has 1 N–H and O–H groups in total. The fourth-order valence-corrected chi connectivity index (χ4v) is 3.28. The number of anilines is 1. The molecule has 114 valence electrons. The lowest BCUT2D eigenvalue weighted by Gasteiger charge is -2.30. The largest absolute Gasteiger partial charge is 0.371 e. The normalized spacial score (nSPS) is 12.8.